The number of ether oxygens (including phenoxy) is 1. The molecule has 0 saturated carbocycles. The quantitative estimate of drug-likeness (QED) is 0.779. The highest BCUT2D eigenvalue weighted by Gasteiger charge is 2.05. The van der Waals surface area contributed by atoms with Crippen molar-refractivity contribution in [3.05, 3.63) is 34.4 Å². The summed E-state index contributed by atoms with van der Waals surface area (Å²) in [6.07, 6.45) is 1.05. The fourth-order valence-corrected chi connectivity index (χ4v) is 2.38. The molecule has 0 atom stereocenters. The molecule has 0 bridgehead atoms. The highest BCUT2D eigenvalue weighted by molar-refractivity contribution is 9.10. The highest BCUT2D eigenvalue weighted by Crippen LogP contribution is 2.23. The molecule has 0 aliphatic heterocycles. The first-order valence-electron chi connectivity index (χ1n) is 5.46. The van der Waals surface area contributed by atoms with Crippen LogP contribution in [0, 0.1) is 6.92 Å². The molecule has 1 heterocycles. The SMILES string of the molecule is COCCCn1c(C)cc2ccc(Br)cc21. The predicted octanol–water partition coefficient (Wildman–Crippen LogP) is 3.75. The molecule has 1 aromatic carbocycles. The molecule has 0 saturated heterocycles. The van der Waals surface area contributed by atoms with Crippen molar-refractivity contribution in [1.29, 1.82) is 0 Å². The summed E-state index contributed by atoms with van der Waals surface area (Å²) < 4.78 is 8.57. The Morgan fingerprint density at radius 3 is 2.88 bits per heavy atom. The topological polar surface area (TPSA) is 14.2 Å². The van der Waals surface area contributed by atoms with Gasteiger partial charge in [0.15, 0.2) is 0 Å². The average Bonchev–Trinajstić information content (AvgIpc) is 2.56. The summed E-state index contributed by atoms with van der Waals surface area (Å²) in [5.41, 5.74) is 2.60. The molecule has 0 aliphatic carbocycles. The van der Waals surface area contributed by atoms with E-state index in [1.54, 1.807) is 7.11 Å². The third kappa shape index (κ3) is 2.30. The second kappa shape index (κ2) is 5.02. The molecule has 2 nitrogen and oxygen atoms in total. The molecular weight excluding hydrogens is 266 g/mol. The lowest BCUT2D eigenvalue weighted by Crippen LogP contribution is -2.02. The molecule has 0 unspecified atom stereocenters. The van der Waals surface area contributed by atoms with Crippen molar-refractivity contribution in [3.63, 3.8) is 0 Å². The zero-order valence-corrected chi connectivity index (χ0v) is 11.3. The van der Waals surface area contributed by atoms with E-state index in [0.717, 1.165) is 24.0 Å². The Morgan fingerprint density at radius 2 is 2.12 bits per heavy atom. The molecule has 2 aromatic rings. The fourth-order valence-electron chi connectivity index (χ4n) is 2.03. The molecule has 0 aliphatic rings. The van der Waals surface area contributed by atoms with Crippen LogP contribution >= 0.6 is 15.9 Å². The van der Waals surface area contributed by atoms with Crippen molar-refractivity contribution in [3.8, 4) is 0 Å². The molecule has 0 fully saturated rings. The van der Waals surface area contributed by atoms with Crippen LogP contribution in [0.5, 0.6) is 0 Å². The van der Waals surface area contributed by atoms with Gasteiger partial charge in [0, 0.05) is 35.9 Å². The number of methoxy groups -OCH3 is 1. The zero-order valence-electron chi connectivity index (χ0n) is 9.66. The molecule has 16 heavy (non-hydrogen) atoms. The third-order valence-corrected chi connectivity index (χ3v) is 3.30. The number of aromatic nitrogens is 1. The Hall–Kier alpha value is -0.800. The fraction of sp³-hybridized carbons (Fsp3) is 0.385. The minimum atomic E-state index is 0.813. The monoisotopic (exact) mass is 281 g/mol. The number of rotatable bonds is 4. The van der Waals surface area contributed by atoms with E-state index in [9.17, 15) is 0 Å². The van der Waals surface area contributed by atoms with E-state index in [-0.39, 0.29) is 0 Å². The van der Waals surface area contributed by atoms with Gasteiger partial charge in [-0.25, -0.2) is 0 Å². The van der Waals surface area contributed by atoms with Gasteiger partial charge < -0.3 is 9.30 Å². The zero-order chi connectivity index (χ0) is 11.5. The van der Waals surface area contributed by atoms with Crippen LogP contribution in [-0.4, -0.2) is 18.3 Å². The highest BCUT2D eigenvalue weighted by atomic mass is 79.9. The maximum atomic E-state index is 5.09. The van der Waals surface area contributed by atoms with Crippen LogP contribution in [0.2, 0.25) is 0 Å². The summed E-state index contributed by atoms with van der Waals surface area (Å²) >= 11 is 3.52. The molecule has 3 heteroatoms. The summed E-state index contributed by atoms with van der Waals surface area (Å²) in [6, 6.07) is 8.64. The molecule has 0 radical (unpaired) electrons. The Bertz CT molecular complexity index is 490. The standard InChI is InChI=1S/C13H16BrNO/c1-10-8-11-4-5-12(14)9-13(11)15(10)6-3-7-16-2/h4-5,8-9H,3,6-7H2,1-2H3. The van der Waals surface area contributed by atoms with Gasteiger partial charge in [-0.3, -0.25) is 0 Å². The normalized spacial score (nSPS) is 11.2. The van der Waals surface area contributed by atoms with Gasteiger partial charge in [0.05, 0.1) is 0 Å². The van der Waals surface area contributed by atoms with Gasteiger partial charge in [-0.1, -0.05) is 22.0 Å². The van der Waals surface area contributed by atoms with Gasteiger partial charge in [-0.05, 0) is 36.9 Å². The predicted molar refractivity (Wildman–Crippen MR) is 70.9 cm³/mol. The smallest absolute Gasteiger partial charge is 0.0493 e. The molecule has 86 valence electrons. The maximum Gasteiger partial charge on any atom is 0.0493 e. The van der Waals surface area contributed by atoms with Crippen LogP contribution in [0.15, 0.2) is 28.7 Å². The van der Waals surface area contributed by atoms with Gasteiger partial charge in [0.1, 0.15) is 0 Å². The number of hydrogen-bond acceptors (Lipinski definition) is 1. The Kier molecular flexibility index (Phi) is 3.66. The molecule has 2 rings (SSSR count). The van der Waals surface area contributed by atoms with E-state index >= 15 is 0 Å². The number of hydrogen-bond donors (Lipinski definition) is 0. The molecule has 0 N–H and O–H groups in total. The van der Waals surface area contributed by atoms with Crippen LogP contribution in [0.3, 0.4) is 0 Å². The van der Waals surface area contributed by atoms with Gasteiger partial charge in [0.2, 0.25) is 0 Å². The van der Waals surface area contributed by atoms with Crippen LogP contribution in [0.4, 0.5) is 0 Å². The largest absolute Gasteiger partial charge is 0.385 e. The van der Waals surface area contributed by atoms with Crippen molar-refractivity contribution >= 4 is 26.8 Å². The van der Waals surface area contributed by atoms with Crippen molar-refractivity contribution in [2.45, 2.75) is 19.9 Å². The summed E-state index contributed by atoms with van der Waals surface area (Å²) in [5, 5.41) is 1.30. The van der Waals surface area contributed by atoms with Gasteiger partial charge >= 0.3 is 0 Å². The van der Waals surface area contributed by atoms with Gasteiger partial charge in [-0.15, -0.1) is 0 Å². The number of benzene rings is 1. The van der Waals surface area contributed by atoms with Gasteiger partial charge in [-0.2, -0.15) is 0 Å². The molecule has 0 spiro atoms. The average molecular weight is 282 g/mol. The summed E-state index contributed by atoms with van der Waals surface area (Å²) in [7, 11) is 1.75. The molecule has 1 aromatic heterocycles. The number of nitrogens with zero attached hydrogens (tertiary/aromatic N) is 1. The number of fused-ring (bicyclic) bond motifs is 1. The van der Waals surface area contributed by atoms with Crippen LogP contribution in [-0.2, 0) is 11.3 Å². The number of aryl methyl sites for hydroxylation is 2. The lowest BCUT2D eigenvalue weighted by molar-refractivity contribution is 0.190. The van der Waals surface area contributed by atoms with Crippen LogP contribution < -0.4 is 0 Å². The first kappa shape index (κ1) is 11.7. The first-order valence-corrected chi connectivity index (χ1v) is 6.26. The third-order valence-electron chi connectivity index (χ3n) is 2.80. The van der Waals surface area contributed by atoms with Crippen molar-refractivity contribution in [2.75, 3.05) is 13.7 Å². The van der Waals surface area contributed by atoms with Crippen molar-refractivity contribution < 1.29 is 4.74 Å². The van der Waals surface area contributed by atoms with E-state index in [2.05, 4.69) is 51.7 Å². The van der Waals surface area contributed by atoms with Gasteiger partial charge in [0.25, 0.3) is 0 Å². The summed E-state index contributed by atoms with van der Waals surface area (Å²) in [6.45, 7) is 3.98. The first-order chi connectivity index (χ1) is 7.72. The summed E-state index contributed by atoms with van der Waals surface area (Å²) in [4.78, 5) is 0. The second-order valence-corrected chi connectivity index (χ2v) is 4.90. The van der Waals surface area contributed by atoms with Crippen molar-refractivity contribution in [2.24, 2.45) is 0 Å². The molecule has 0 amide bonds. The van der Waals surface area contributed by atoms with Crippen LogP contribution in [0.25, 0.3) is 10.9 Å². The Morgan fingerprint density at radius 1 is 1.31 bits per heavy atom. The minimum absolute atomic E-state index is 0.813. The summed E-state index contributed by atoms with van der Waals surface area (Å²) in [5.74, 6) is 0. The van der Waals surface area contributed by atoms with Crippen LogP contribution in [0.1, 0.15) is 12.1 Å². The van der Waals surface area contributed by atoms with E-state index in [0.29, 0.717) is 0 Å². The lowest BCUT2D eigenvalue weighted by atomic mass is 10.2. The molecular formula is C13H16BrNO. The second-order valence-electron chi connectivity index (χ2n) is 3.99. The Labute approximate surface area is 104 Å². The van der Waals surface area contributed by atoms with E-state index in [1.807, 2.05) is 0 Å². The van der Waals surface area contributed by atoms with Crippen molar-refractivity contribution in [1.82, 2.24) is 4.57 Å². The lowest BCUT2D eigenvalue weighted by Gasteiger charge is -2.07. The maximum absolute atomic E-state index is 5.09. The minimum Gasteiger partial charge on any atom is -0.385 e. The van der Waals surface area contributed by atoms with E-state index < -0.39 is 0 Å². The number of halogens is 1. The Balaban J connectivity index is 2.34. The van der Waals surface area contributed by atoms with E-state index in [4.69, 9.17) is 4.74 Å². The van der Waals surface area contributed by atoms with E-state index in [1.165, 1.54) is 16.6 Å².